The highest BCUT2D eigenvalue weighted by Crippen LogP contribution is 2.33. The first-order valence-electron chi connectivity index (χ1n) is 6.65. The Morgan fingerprint density at radius 2 is 1.95 bits per heavy atom. The number of benzene rings is 2. The van der Waals surface area contributed by atoms with Gasteiger partial charge in [0.2, 0.25) is 0 Å². The molecule has 0 saturated carbocycles. The molecule has 2 aromatic rings. The number of carbonyl (C=O) groups is 2. The molecular weight excluding hydrogens is 287 g/mol. The lowest BCUT2D eigenvalue weighted by Gasteiger charge is -2.26. The topological polar surface area (TPSA) is 58.6 Å². The first kappa shape index (κ1) is 14.1. The Kier molecular flexibility index (Phi) is 3.50. The summed E-state index contributed by atoms with van der Waals surface area (Å²) in [6, 6.07) is 10.3. The van der Waals surface area contributed by atoms with Gasteiger partial charge in [0.15, 0.2) is 6.61 Å². The van der Waals surface area contributed by atoms with Gasteiger partial charge < -0.3 is 15.0 Å². The second-order valence-electron chi connectivity index (χ2n) is 4.88. The predicted molar refractivity (Wildman–Crippen MR) is 79.7 cm³/mol. The molecule has 1 aliphatic heterocycles. The van der Waals surface area contributed by atoms with E-state index in [2.05, 4.69) is 5.32 Å². The normalized spacial score (nSPS) is 13.4. The van der Waals surface area contributed by atoms with E-state index in [1.165, 1.54) is 29.2 Å². The first-order chi connectivity index (χ1) is 10.5. The monoisotopic (exact) mass is 300 g/mol. The van der Waals surface area contributed by atoms with Crippen molar-refractivity contribution in [1.82, 2.24) is 0 Å². The summed E-state index contributed by atoms with van der Waals surface area (Å²) in [5.74, 6) is -0.346. The number of anilines is 2. The fourth-order valence-electron chi connectivity index (χ4n) is 2.16. The highest BCUT2D eigenvalue weighted by atomic mass is 19.1. The fourth-order valence-corrected chi connectivity index (χ4v) is 2.16. The molecule has 0 saturated heterocycles. The molecular formula is C16H13FN2O3. The maximum Gasteiger partial charge on any atom is 0.264 e. The number of hydrogen-bond donors (Lipinski definition) is 1. The molecule has 1 N–H and O–H groups in total. The van der Waals surface area contributed by atoms with Crippen LogP contribution in [0.2, 0.25) is 0 Å². The SMILES string of the molecule is CN1C(=O)COc2cc(NC(=O)c3ccc(F)cc3)ccc21. The molecule has 1 heterocycles. The van der Waals surface area contributed by atoms with E-state index in [9.17, 15) is 14.0 Å². The summed E-state index contributed by atoms with van der Waals surface area (Å²) in [7, 11) is 1.67. The number of ether oxygens (including phenoxy) is 1. The van der Waals surface area contributed by atoms with Gasteiger partial charge in [0, 0.05) is 24.4 Å². The molecule has 6 heteroatoms. The summed E-state index contributed by atoms with van der Waals surface area (Å²) in [6.45, 7) is -0.0289. The van der Waals surface area contributed by atoms with Crippen LogP contribution in [-0.4, -0.2) is 25.5 Å². The van der Waals surface area contributed by atoms with E-state index < -0.39 is 5.82 Å². The smallest absolute Gasteiger partial charge is 0.264 e. The molecule has 2 amide bonds. The van der Waals surface area contributed by atoms with Gasteiger partial charge in [-0.15, -0.1) is 0 Å². The Labute approximate surface area is 126 Å². The van der Waals surface area contributed by atoms with Crippen LogP contribution in [0, 0.1) is 5.82 Å². The minimum Gasteiger partial charge on any atom is -0.481 e. The van der Waals surface area contributed by atoms with Crippen LogP contribution in [0.5, 0.6) is 5.75 Å². The van der Waals surface area contributed by atoms with Crippen molar-refractivity contribution >= 4 is 23.2 Å². The minimum absolute atomic E-state index is 0.0289. The van der Waals surface area contributed by atoms with E-state index in [-0.39, 0.29) is 18.4 Å². The summed E-state index contributed by atoms with van der Waals surface area (Å²) >= 11 is 0. The molecule has 0 bridgehead atoms. The van der Waals surface area contributed by atoms with Crippen LogP contribution >= 0.6 is 0 Å². The minimum atomic E-state index is -0.397. The van der Waals surface area contributed by atoms with Crippen LogP contribution in [0.15, 0.2) is 42.5 Å². The van der Waals surface area contributed by atoms with Gasteiger partial charge in [-0.05, 0) is 36.4 Å². The second kappa shape index (κ2) is 5.48. The van der Waals surface area contributed by atoms with E-state index in [1.54, 1.807) is 25.2 Å². The molecule has 0 atom stereocenters. The molecule has 0 radical (unpaired) electrons. The van der Waals surface area contributed by atoms with Gasteiger partial charge in [-0.2, -0.15) is 0 Å². The average Bonchev–Trinajstić information content (AvgIpc) is 2.51. The second-order valence-corrected chi connectivity index (χ2v) is 4.88. The lowest BCUT2D eigenvalue weighted by atomic mass is 10.2. The molecule has 1 aliphatic rings. The van der Waals surface area contributed by atoms with Gasteiger partial charge in [0.1, 0.15) is 11.6 Å². The zero-order valence-corrected chi connectivity index (χ0v) is 11.8. The van der Waals surface area contributed by atoms with Crippen LogP contribution < -0.4 is 15.0 Å². The Hall–Kier alpha value is -2.89. The predicted octanol–water partition coefficient (Wildman–Crippen LogP) is 2.43. The Balaban J connectivity index is 1.80. The molecule has 5 nitrogen and oxygen atoms in total. The van der Waals surface area contributed by atoms with Crippen molar-refractivity contribution in [2.75, 3.05) is 23.9 Å². The van der Waals surface area contributed by atoms with E-state index in [1.807, 2.05) is 0 Å². The Bertz CT molecular complexity index is 744. The maximum absolute atomic E-state index is 12.9. The molecule has 0 aliphatic carbocycles. The van der Waals surface area contributed by atoms with Crippen molar-refractivity contribution in [3.05, 3.63) is 53.8 Å². The standard InChI is InChI=1S/C16H13FN2O3/c1-19-13-7-6-12(8-14(13)22-9-15(19)20)18-16(21)10-2-4-11(17)5-3-10/h2-8H,9H2,1H3,(H,18,21). The quantitative estimate of drug-likeness (QED) is 0.926. The number of likely N-dealkylation sites (N-methyl/N-ethyl adjacent to an activating group) is 1. The van der Waals surface area contributed by atoms with Crippen LogP contribution in [0.25, 0.3) is 0 Å². The number of halogens is 1. The fraction of sp³-hybridized carbons (Fsp3) is 0.125. The van der Waals surface area contributed by atoms with Crippen molar-refractivity contribution in [3.8, 4) is 5.75 Å². The number of carbonyl (C=O) groups excluding carboxylic acids is 2. The number of fused-ring (bicyclic) bond motifs is 1. The van der Waals surface area contributed by atoms with E-state index in [0.29, 0.717) is 22.7 Å². The van der Waals surface area contributed by atoms with Gasteiger partial charge >= 0.3 is 0 Å². The molecule has 0 spiro atoms. The number of nitrogens with one attached hydrogen (secondary N) is 1. The third kappa shape index (κ3) is 2.63. The molecule has 0 unspecified atom stereocenters. The van der Waals surface area contributed by atoms with Crippen LogP contribution in [0.4, 0.5) is 15.8 Å². The number of hydrogen-bond acceptors (Lipinski definition) is 3. The van der Waals surface area contributed by atoms with Gasteiger partial charge in [0.25, 0.3) is 11.8 Å². The average molecular weight is 300 g/mol. The zero-order chi connectivity index (χ0) is 15.7. The molecule has 112 valence electrons. The van der Waals surface area contributed by atoms with Crippen molar-refractivity contribution < 1.29 is 18.7 Å². The maximum atomic E-state index is 12.9. The van der Waals surface area contributed by atoms with E-state index in [0.717, 1.165) is 0 Å². The number of rotatable bonds is 2. The summed E-state index contributed by atoms with van der Waals surface area (Å²) < 4.78 is 18.2. The van der Waals surface area contributed by atoms with E-state index >= 15 is 0 Å². The van der Waals surface area contributed by atoms with Crippen molar-refractivity contribution in [2.24, 2.45) is 0 Å². The molecule has 22 heavy (non-hydrogen) atoms. The van der Waals surface area contributed by atoms with Crippen LogP contribution in [-0.2, 0) is 4.79 Å². The van der Waals surface area contributed by atoms with Crippen molar-refractivity contribution in [3.63, 3.8) is 0 Å². The Morgan fingerprint density at radius 3 is 2.68 bits per heavy atom. The summed E-state index contributed by atoms with van der Waals surface area (Å²) in [5.41, 5.74) is 1.54. The van der Waals surface area contributed by atoms with Gasteiger partial charge in [-0.3, -0.25) is 9.59 Å². The van der Waals surface area contributed by atoms with E-state index in [4.69, 9.17) is 4.74 Å². The summed E-state index contributed by atoms with van der Waals surface area (Å²) in [4.78, 5) is 25.1. The molecule has 3 rings (SSSR count). The first-order valence-corrected chi connectivity index (χ1v) is 6.65. The molecule has 0 fully saturated rings. The number of amides is 2. The lowest BCUT2D eigenvalue weighted by Crippen LogP contribution is -2.35. The Morgan fingerprint density at radius 1 is 1.23 bits per heavy atom. The largest absolute Gasteiger partial charge is 0.481 e. The zero-order valence-electron chi connectivity index (χ0n) is 11.8. The molecule has 2 aromatic carbocycles. The summed E-state index contributed by atoms with van der Waals surface area (Å²) in [6.07, 6.45) is 0. The third-order valence-electron chi connectivity index (χ3n) is 3.41. The highest BCUT2D eigenvalue weighted by molar-refractivity contribution is 6.05. The van der Waals surface area contributed by atoms with Gasteiger partial charge in [0.05, 0.1) is 5.69 Å². The van der Waals surface area contributed by atoms with Gasteiger partial charge in [-0.1, -0.05) is 0 Å². The summed E-state index contributed by atoms with van der Waals surface area (Å²) in [5, 5.41) is 2.71. The lowest BCUT2D eigenvalue weighted by molar-refractivity contribution is -0.120. The van der Waals surface area contributed by atoms with Crippen molar-refractivity contribution in [1.29, 1.82) is 0 Å². The van der Waals surface area contributed by atoms with Crippen molar-refractivity contribution in [2.45, 2.75) is 0 Å². The van der Waals surface area contributed by atoms with Crippen LogP contribution in [0.1, 0.15) is 10.4 Å². The number of nitrogens with zero attached hydrogens (tertiary/aromatic N) is 1. The van der Waals surface area contributed by atoms with Crippen LogP contribution in [0.3, 0.4) is 0 Å². The highest BCUT2D eigenvalue weighted by Gasteiger charge is 2.22. The third-order valence-corrected chi connectivity index (χ3v) is 3.41. The molecule has 0 aromatic heterocycles. The van der Waals surface area contributed by atoms with Gasteiger partial charge in [-0.25, -0.2) is 4.39 Å².